The van der Waals surface area contributed by atoms with E-state index in [1.807, 2.05) is 56.3 Å². The Bertz CT molecular complexity index is 991. The van der Waals surface area contributed by atoms with Crippen molar-refractivity contribution >= 4 is 60.8 Å². The van der Waals surface area contributed by atoms with Crippen LogP contribution in [0.5, 0.6) is 11.5 Å². The van der Waals surface area contributed by atoms with Gasteiger partial charge < -0.3 is 9.47 Å². The van der Waals surface area contributed by atoms with E-state index in [-0.39, 0.29) is 5.91 Å². The number of benzene rings is 2. The first-order chi connectivity index (χ1) is 14.5. The molecule has 1 aliphatic heterocycles. The Morgan fingerprint density at radius 3 is 2.53 bits per heavy atom. The average Bonchev–Trinajstić information content (AvgIpc) is 3.02. The SMILES string of the molecule is CCN=C1S/C(=C/c2cc(Br)c(OCc3ccc(Br)cc3)c(OC)c2)C(=O)N1CC. The van der Waals surface area contributed by atoms with Crippen LogP contribution in [-0.4, -0.2) is 36.2 Å². The van der Waals surface area contributed by atoms with E-state index >= 15 is 0 Å². The lowest BCUT2D eigenvalue weighted by molar-refractivity contribution is -0.122. The number of thioether (sulfide) groups is 1. The third kappa shape index (κ3) is 5.28. The summed E-state index contributed by atoms with van der Waals surface area (Å²) in [4.78, 5) is 19.5. The van der Waals surface area contributed by atoms with Crippen LogP contribution in [0.15, 0.2) is 55.2 Å². The highest BCUT2D eigenvalue weighted by Gasteiger charge is 2.31. The van der Waals surface area contributed by atoms with Gasteiger partial charge in [0.2, 0.25) is 0 Å². The first-order valence-electron chi connectivity index (χ1n) is 9.47. The molecule has 0 saturated carbocycles. The smallest absolute Gasteiger partial charge is 0.266 e. The van der Waals surface area contributed by atoms with E-state index < -0.39 is 0 Å². The maximum absolute atomic E-state index is 12.7. The Kier molecular flexibility index (Phi) is 8.02. The average molecular weight is 554 g/mol. The van der Waals surface area contributed by atoms with Gasteiger partial charge in [-0.05, 0) is 83.0 Å². The molecule has 0 aliphatic carbocycles. The third-order valence-corrected chi connectivity index (χ3v) is 6.51. The molecule has 0 atom stereocenters. The molecular weight excluding hydrogens is 532 g/mol. The van der Waals surface area contributed by atoms with E-state index in [0.717, 1.165) is 25.2 Å². The second-order valence-electron chi connectivity index (χ2n) is 6.37. The fraction of sp³-hybridized carbons (Fsp3) is 0.273. The monoisotopic (exact) mass is 552 g/mol. The second-order valence-corrected chi connectivity index (χ2v) is 9.15. The van der Waals surface area contributed by atoms with Crippen LogP contribution in [0, 0.1) is 0 Å². The van der Waals surface area contributed by atoms with Gasteiger partial charge >= 0.3 is 0 Å². The van der Waals surface area contributed by atoms with Gasteiger partial charge in [0.25, 0.3) is 5.91 Å². The highest BCUT2D eigenvalue weighted by atomic mass is 79.9. The normalized spacial score (nSPS) is 16.6. The number of amides is 1. The zero-order chi connectivity index (χ0) is 21.7. The van der Waals surface area contributed by atoms with Gasteiger partial charge in [-0.1, -0.05) is 28.1 Å². The van der Waals surface area contributed by atoms with Crippen LogP contribution in [-0.2, 0) is 11.4 Å². The lowest BCUT2D eigenvalue weighted by Gasteiger charge is -2.14. The minimum absolute atomic E-state index is 0.0274. The number of carbonyl (C=O) groups excluding carboxylic acids is 1. The maximum Gasteiger partial charge on any atom is 0.266 e. The van der Waals surface area contributed by atoms with Gasteiger partial charge in [0.15, 0.2) is 16.7 Å². The van der Waals surface area contributed by atoms with Crippen molar-refractivity contribution in [3.63, 3.8) is 0 Å². The molecule has 0 unspecified atom stereocenters. The molecule has 30 heavy (non-hydrogen) atoms. The molecule has 0 aromatic heterocycles. The third-order valence-electron chi connectivity index (χ3n) is 4.34. The molecule has 1 amide bonds. The second kappa shape index (κ2) is 10.5. The Labute approximate surface area is 197 Å². The summed E-state index contributed by atoms with van der Waals surface area (Å²) in [6.07, 6.45) is 1.86. The zero-order valence-electron chi connectivity index (χ0n) is 16.9. The minimum Gasteiger partial charge on any atom is -0.493 e. The van der Waals surface area contributed by atoms with Crippen molar-refractivity contribution in [1.82, 2.24) is 4.90 Å². The molecule has 1 heterocycles. The summed E-state index contributed by atoms with van der Waals surface area (Å²) in [5, 5.41) is 0.747. The number of likely N-dealkylation sites (N-methyl/N-ethyl adjacent to an activating group) is 1. The van der Waals surface area contributed by atoms with Gasteiger partial charge in [-0.15, -0.1) is 0 Å². The standard InChI is InChI=1S/C22H22Br2N2O3S/c1-4-25-22-26(5-2)21(27)19(30-22)12-15-10-17(24)20(18(11-15)28-3)29-13-14-6-8-16(23)9-7-14/h6-12H,4-5,13H2,1-3H3/b19-12+,25-22?. The van der Waals surface area contributed by atoms with E-state index in [1.165, 1.54) is 11.8 Å². The van der Waals surface area contributed by atoms with Gasteiger partial charge in [-0.3, -0.25) is 14.7 Å². The largest absolute Gasteiger partial charge is 0.493 e. The molecule has 2 aromatic rings. The molecule has 2 aromatic carbocycles. The van der Waals surface area contributed by atoms with Crippen molar-refractivity contribution in [1.29, 1.82) is 0 Å². The number of amidine groups is 1. The van der Waals surface area contributed by atoms with Crippen molar-refractivity contribution < 1.29 is 14.3 Å². The van der Waals surface area contributed by atoms with E-state index in [9.17, 15) is 4.79 Å². The number of carbonyl (C=O) groups is 1. The molecule has 0 bridgehead atoms. The molecule has 8 heteroatoms. The molecule has 3 rings (SSSR count). The van der Waals surface area contributed by atoms with Crippen LogP contribution >= 0.6 is 43.6 Å². The molecule has 1 aliphatic rings. The number of hydrogen-bond acceptors (Lipinski definition) is 5. The van der Waals surface area contributed by atoms with Crippen molar-refractivity contribution in [2.45, 2.75) is 20.5 Å². The fourth-order valence-electron chi connectivity index (χ4n) is 2.89. The molecule has 1 saturated heterocycles. The van der Waals surface area contributed by atoms with Gasteiger partial charge in [-0.25, -0.2) is 0 Å². The summed E-state index contributed by atoms with van der Waals surface area (Å²) in [7, 11) is 1.60. The highest BCUT2D eigenvalue weighted by molar-refractivity contribution is 9.10. The van der Waals surface area contributed by atoms with Crippen LogP contribution in [0.1, 0.15) is 25.0 Å². The first kappa shape index (κ1) is 22.9. The minimum atomic E-state index is -0.0274. The van der Waals surface area contributed by atoms with Gasteiger partial charge in [0.05, 0.1) is 16.5 Å². The predicted molar refractivity (Wildman–Crippen MR) is 130 cm³/mol. The Hall–Kier alpha value is -1.77. The summed E-state index contributed by atoms with van der Waals surface area (Å²) in [6, 6.07) is 11.7. The number of nitrogens with zero attached hydrogens (tertiary/aromatic N) is 2. The lowest BCUT2D eigenvalue weighted by Crippen LogP contribution is -2.28. The Balaban J connectivity index is 1.84. The van der Waals surface area contributed by atoms with Crippen LogP contribution in [0.25, 0.3) is 6.08 Å². The van der Waals surface area contributed by atoms with E-state index in [2.05, 4.69) is 36.9 Å². The molecule has 0 spiro atoms. The summed E-state index contributed by atoms with van der Waals surface area (Å²) < 4.78 is 13.3. The van der Waals surface area contributed by atoms with Crippen molar-refractivity contribution in [2.24, 2.45) is 4.99 Å². The van der Waals surface area contributed by atoms with E-state index in [0.29, 0.717) is 36.1 Å². The molecule has 0 radical (unpaired) electrons. The maximum atomic E-state index is 12.7. The number of rotatable bonds is 7. The summed E-state index contributed by atoms with van der Waals surface area (Å²) in [5.41, 5.74) is 1.90. The van der Waals surface area contributed by atoms with Crippen molar-refractivity contribution in [2.75, 3.05) is 20.2 Å². The van der Waals surface area contributed by atoms with Crippen LogP contribution < -0.4 is 9.47 Å². The lowest BCUT2D eigenvalue weighted by atomic mass is 10.1. The summed E-state index contributed by atoms with van der Waals surface area (Å²) in [5.74, 6) is 1.19. The number of hydrogen-bond donors (Lipinski definition) is 0. The number of ether oxygens (including phenoxy) is 2. The number of aliphatic imine (C=N–C) groups is 1. The van der Waals surface area contributed by atoms with Crippen molar-refractivity contribution in [3.05, 3.63) is 61.4 Å². The van der Waals surface area contributed by atoms with E-state index in [4.69, 9.17) is 9.47 Å². The highest BCUT2D eigenvalue weighted by Crippen LogP contribution is 2.39. The zero-order valence-corrected chi connectivity index (χ0v) is 20.9. The molecule has 0 N–H and O–H groups in total. The van der Waals surface area contributed by atoms with Crippen LogP contribution in [0.2, 0.25) is 0 Å². The van der Waals surface area contributed by atoms with Crippen LogP contribution in [0.4, 0.5) is 0 Å². The van der Waals surface area contributed by atoms with Gasteiger partial charge in [0, 0.05) is 17.6 Å². The van der Waals surface area contributed by atoms with Crippen molar-refractivity contribution in [3.8, 4) is 11.5 Å². The first-order valence-corrected chi connectivity index (χ1v) is 11.9. The van der Waals surface area contributed by atoms with Crippen LogP contribution in [0.3, 0.4) is 0 Å². The van der Waals surface area contributed by atoms with Gasteiger partial charge in [0.1, 0.15) is 6.61 Å². The summed E-state index contributed by atoms with van der Waals surface area (Å²) in [6.45, 7) is 5.56. The molecule has 158 valence electrons. The topological polar surface area (TPSA) is 51.1 Å². The van der Waals surface area contributed by atoms with E-state index in [1.54, 1.807) is 12.0 Å². The fourth-order valence-corrected chi connectivity index (χ4v) is 4.83. The molecule has 1 fully saturated rings. The Morgan fingerprint density at radius 2 is 1.90 bits per heavy atom. The molecule has 5 nitrogen and oxygen atoms in total. The predicted octanol–water partition coefficient (Wildman–Crippen LogP) is 6.11. The quantitative estimate of drug-likeness (QED) is 0.388. The Morgan fingerprint density at radius 1 is 1.17 bits per heavy atom. The molecular formula is C22H22Br2N2O3S. The van der Waals surface area contributed by atoms with Gasteiger partial charge in [-0.2, -0.15) is 0 Å². The number of halogens is 2. The summed E-state index contributed by atoms with van der Waals surface area (Å²) >= 11 is 8.42. The number of methoxy groups -OCH3 is 1.